The van der Waals surface area contributed by atoms with Crippen molar-refractivity contribution >= 4 is 15.9 Å². The largest absolute Gasteiger partial charge is 0.308 e. The number of halogens is 1. The number of aromatic amines is 1. The number of hydrogen-bond donors (Lipinski definition) is 2. The molecule has 0 radical (unpaired) electrons. The van der Waals surface area contributed by atoms with Crippen LogP contribution in [0.25, 0.3) is 0 Å². The van der Waals surface area contributed by atoms with Gasteiger partial charge in [0.2, 0.25) is 0 Å². The summed E-state index contributed by atoms with van der Waals surface area (Å²) in [6.07, 6.45) is 7.32. The van der Waals surface area contributed by atoms with E-state index in [0.29, 0.717) is 0 Å². The predicted octanol–water partition coefficient (Wildman–Crippen LogP) is 1.86. The van der Waals surface area contributed by atoms with Crippen molar-refractivity contribution in [2.45, 2.75) is 13.1 Å². The summed E-state index contributed by atoms with van der Waals surface area (Å²) >= 11 is 3.39. The zero-order valence-electron chi connectivity index (χ0n) is 8.07. The second-order valence-corrected chi connectivity index (χ2v) is 4.14. The molecule has 2 N–H and O–H groups in total. The van der Waals surface area contributed by atoms with Crippen molar-refractivity contribution in [1.29, 1.82) is 0 Å². The number of pyridine rings is 1. The summed E-state index contributed by atoms with van der Waals surface area (Å²) in [7, 11) is 0. The van der Waals surface area contributed by atoms with Crippen LogP contribution >= 0.6 is 15.9 Å². The van der Waals surface area contributed by atoms with E-state index >= 15 is 0 Å². The topological polar surface area (TPSA) is 53.6 Å². The summed E-state index contributed by atoms with van der Waals surface area (Å²) < 4.78 is 1.00. The highest BCUT2D eigenvalue weighted by Gasteiger charge is 1.96. The van der Waals surface area contributed by atoms with Gasteiger partial charge in [-0.25, -0.2) is 0 Å². The Morgan fingerprint density at radius 3 is 2.80 bits per heavy atom. The van der Waals surface area contributed by atoms with Crippen molar-refractivity contribution in [3.8, 4) is 0 Å². The Balaban J connectivity index is 1.83. The third-order valence-corrected chi connectivity index (χ3v) is 2.41. The van der Waals surface area contributed by atoms with Crippen molar-refractivity contribution in [2.24, 2.45) is 0 Å². The van der Waals surface area contributed by atoms with E-state index in [2.05, 4.69) is 42.5 Å². The van der Waals surface area contributed by atoms with Gasteiger partial charge in [-0.05, 0) is 27.6 Å². The standard InChI is InChI=1S/C10H11BrN4/c11-10-1-8(3-13-7-10)2-12-4-9-5-14-15-6-9/h1,3,5-7,12H,2,4H2,(H,14,15). The lowest BCUT2D eigenvalue weighted by molar-refractivity contribution is 0.691. The van der Waals surface area contributed by atoms with Gasteiger partial charge in [0.15, 0.2) is 0 Å². The summed E-state index contributed by atoms with van der Waals surface area (Å²) in [5, 5.41) is 9.97. The van der Waals surface area contributed by atoms with E-state index in [9.17, 15) is 0 Å². The molecule has 0 spiro atoms. The Bertz CT molecular complexity index is 413. The quantitative estimate of drug-likeness (QED) is 0.889. The molecule has 0 saturated carbocycles. The van der Waals surface area contributed by atoms with Gasteiger partial charge in [0.1, 0.15) is 0 Å². The van der Waals surface area contributed by atoms with Gasteiger partial charge in [0.25, 0.3) is 0 Å². The molecule has 0 aliphatic rings. The average Bonchev–Trinajstić information content (AvgIpc) is 2.71. The van der Waals surface area contributed by atoms with Crippen LogP contribution in [-0.2, 0) is 13.1 Å². The Labute approximate surface area is 96.3 Å². The molecule has 2 rings (SSSR count). The minimum Gasteiger partial charge on any atom is -0.308 e. The van der Waals surface area contributed by atoms with Gasteiger partial charge < -0.3 is 5.32 Å². The molecule has 5 heteroatoms. The number of rotatable bonds is 4. The molecule has 2 aromatic heterocycles. The molecule has 0 aliphatic carbocycles. The summed E-state index contributed by atoms with van der Waals surface area (Å²) in [6, 6.07) is 2.05. The van der Waals surface area contributed by atoms with Crippen molar-refractivity contribution in [3.05, 3.63) is 46.5 Å². The van der Waals surface area contributed by atoms with Gasteiger partial charge in [-0.3, -0.25) is 10.1 Å². The van der Waals surface area contributed by atoms with Crippen LogP contribution < -0.4 is 5.32 Å². The fraction of sp³-hybridized carbons (Fsp3) is 0.200. The summed E-state index contributed by atoms with van der Waals surface area (Å²) in [4.78, 5) is 4.09. The molecule has 2 heterocycles. The number of nitrogens with one attached hydrogen (secondary N) is 2. The van der Waals surface area contributed by atoms with Crippen LogP contribution in [0.2, 0.25) is 0 Å². The highest BCUT2D eigenvalue weighted by molar-refractivity contribution is 9.10. The van der Waals surface area contributed by atoms with Gasteiger partial charge >= 0.3 is 0 Å². The minimum absolute atomic E-state index is 0.803. The monoisotopic (exact) mass is 266 g/mol. The minimum atomic E-state index is 0.803. The van der Waals surface area contributed by atoms with Gasteiger partial charge in [-0.1, -0.05) is 0 Å². The molecule has 2 aromatic rings. The smallest absolute Gasteiger partial charge is 0.0532 e. The fourth-order valence-electron chi connectivity index (χ4n) is 1.28. The molecular formula is C10H11BrN4. The van der Waals surface area contributed by atoms with Crippen molar-refractivity contribution in [1.82, 2.24) is 20.5 Å². The summed E-state index contributed by atoms with van der Waals surface area (Å²) in [5.74, 6) is 0. The van der Waals surface area contributed by atoms with Crippen LogP contribution in [0.4, 0.5) is 0 Å². The van der Waals surface area contributed by atoms with Crippen LogP contribution in [-0.4, -0.2) is 15.2 Å². The van der Waals surface area contributed by atoms with Crippen molar-refractivity contribution in [2.75, 3.05) is 0 Å². The molecule has 0 aromatic carbocycles. The first kappa shape index (κ1) is 10.3. The van der Waals surface area contributed by atoms with Gasteiger partial charge in [-0.2, -0.15) is 5.10 Å². The lowest BCUT2D eigenvalue weighted by Crippen LogP contribution is -2.12. The molecule has 15 heavy (non-hydrogen) atoms. The summed E-state index contributed by atoms with van der Waals surface area (Å²) in [6.45, 7) is 1.61. The molecule has 0 amide bonds. The fourth-order valence-corrected chi connectivity index (χ4v) is 1.69. The average molecular weight is 267 g/mol. The Hall–Kier alpha value is -1.20. The zero-order valence-corrected chi connectivity index (χ0v) is 9.66. The maximum atomic E-state index is 4.09. The van der Waals surface area contributed by atoms with Crippen molar-refractivity contribution < 1.29 is 0 Å². The molecular weight excluding hydrogens is 256 g/mol. The maximum Gasteiger partial charge on any atom is 0.0532 e. The van der Waals surface area contributed by atoms with Crippen LogP contribution in [0.3, 0.4) is 0 Å². The van der Waals surface area contributed by atoms with Crippen LogP contribution in [0.5, 0.6) is 0 Å². The first-order valence-corrected chi connectivity index (χ1v) is 5.42. The number of nitrogens with zero attached hydrogens (tertiary/aromatic N) is 2. The Morgan fingerprint density at radius 1 is 1.20 bits per heavy atom. The molecule has 0 fully saturated rings. The van der Waals surface area contributed by atoms with Gasteiger partial charge in [0.05, 0.1) is 6.20 Å². The number of hydrogen-bond acceptors (Lipinski definition) is 3. The van der Waals surface area contributed by atoms with Crippen LogP contribution in [0.15, 0.2) is 35.3 Å². The molecule has 0 unspecified atom stereocenters. The van der Waals surface area contributed by atoms with E-state index in [1.807, 2.05) is 18.6 Å². The Kier molecular flexibility index (Phi) is 3.47. The van der Waals surface area contributed by atoms with Gasteiger partial charge in [0, 0.05) is 41.7 Å². The first-order chi connectivity index (χ1) is 7.34. The second-order valence-electron chi connectivity index (χ2n) is 3.22. The highest BCUT2D eigenvalue weighted by Crippen LogP contribution is 2.09. The predicted molar refractivity (Wildman–Crippen MR) is 61.1 cm³/mol. The normalized spacial score (nSPS) is 10.5. The third kappa shape index (κ3) is 3.14. The third-order valence-electron chi connectivity index (χ3n) is 1.97. The van der Waals surface area contributed by atoms with E-state index in [1.54, 1.807) is 6.20 Å². The second kappa shape index (κ2) is 5.04. The SMILES string of the molecule is Brc1cncc(CNCc2cn[nH]c2)c1. The highest BCUT2D eigenvalue weighted by atomic mass is 79.9. The van der Waals surface area contributed by atoms with E-state index in [4.69, 9.17) is 0 Å². The molecule has 4 nitrogen and oxygen atoms in total. The first-order valence-electron chi connectivity index (χ1n) is 4.62. The molecule has 0 saturated heterocycles. The summed E-state index contributed by atoms with van der Waals surface area (Å²) in [5.41, 5.74) is 2.31. The molecule has 0 aliphatic heterocycles. The van der Waals surface area contributed by atoms with E-state index in [0.717, 1.165) is 28.7 Å². The van der Waals surface area contributed by atoms with E-state index < -0.39 is 0 Å². The van der Waals surface area contributed by atoms with E-state index in [1.165, 1.54) is 0 Å². The number of H-pyrrole nitrogens is 1. The van der Waals surface area contributed by atoms with Crippen molar-refractivity contribution in [3.63, 3.8) is 0 Å². The van der Waals surface area contributed by atoms with Crippen LogP contribution in [0, 0.1) is 0 Å². The van der Waals surface area contributed by atoms with Crippen LogP contribution in [0.1, 0.15) is 11.1 Å². The number of aromatic nitrogens is 3. The molecule has 0 atom stereocenters. The van der Waals surface area contributed by atoms with E-state index in [-0.39, 0.29) is 0 Å². The molecule has 0 bridgehead atoms. The lowest BCUT2D eigenvalue weighted by atomic mass is 10.3. The lowest BCUT2D eigenvalue weighted by Gasteiger charge is -2.02. The Morgan fingerprint density at radius 2 is 2.07 bits per heavy atom. The zero-order chi connectivity index (χ0) is 10.5. The molecule has 78 valence electrons. The maximum absolute atomic E-state index is 4.09. The van der Waals surface area contributed by atoms with Gasteiger partial charge in [-0.15, -0.1) is 0 Å².